The normalized spacial score (nSPS) is 12.5. The Morgan fingerprint density at radius 1 is 1.03 bits per heavy atom. The Kier molecular flexibility index (Phi) is 6.88. The van der Waals surface area contributed by atoms with Gasteiger partial charge in [-0.15, -0.1) is 0 Å². The Hall–Kier alpha value is -3.68. The van der Waals surface area contributed by atoms with Crippen LogP contribution < -0.4 is 5.32 Å². The minimum Gasteiger partial charge on any atom is -0.411 e. The molecule has 10 heteroatoms. The third-order valence-corrected chi connectivity index (χ3v) is 11.1. The molecule has 0 spiro atoms. The minimum absolute atomic E-state index is 0.0179. The molecule has 0 aliphatic heterocycles. The largest absolute Gasteiger partial charge is 0.416 e. The SMILES string of the molecule is CC(C)(C)[Si](C)(C)OCc1nc2ccccn2c1-c1cc(C#N)cc(Nc2ccc(C(F)(F)F)cc2)n1. The first kappa shape index (κ1) is 26.4. The number of nitriles is 1. The van der Waals surface area contributed by atoms with Gasteiger partial charge in [0.25, 0.3) is 0 Å². The number of hydrogen-bond acceptors (Lipinski definition) is 5. The van der Waals surface area contributed by atoms with Crippen molar-refractivity contribution in [3.05, 3.63) is 77.6 Å². The highest BCUT2D eigenvalue weighted by molar-refractivity contribution is 6.74. The Morgan fingerprint density at radius 2 is 1.73 bits per heavy atom. The molecule has 0 saturated carbocycles. The van der Waals surface area contributed by atoms with Crippen LogP contribution in [-0.4, -0.2) is 22.7 Å². The highest BCUT2D eigenvalue weighted by Crippen LogP contribution is 2.38. The second kappa shape index (κ2) is 9.65. The highest BCUT2D eigenvalue weighted by atomic mass is 28.4. The smallest absolute Gasteiger partial charge is 0.411 e. The van der Waals surface area contributed by atoms with Crippen molar-refractivity contribution in [1.29, 1.82) is 5.26 Å². The molecule has 1 aromatic carbocycles. The maximum Gasteiger partial charge on any atom is 0.416 e. The number of imidazole rings is 1. The summed E-state index contributed by atoms with van der Waals surface area (Å²) in [5, 5.41) is 12.7. The fourth-order valence-electron chi connectivity index (χ4n) is 3.55. The van der Waals surface area contributed by atoms with E-state index >= 15 is 0 Å². The lowest BCUT2D eigenvalue weighted by atomic mass is 10.1. The van der Waals surface area contributed by atoms with Gasteiger partial charge in [0.1, 0.15) is 11.5 Å². The van der Waals surface area contributed by atoms with E-state index in [4.69, 9.17) is 14.4 Å². The van der Waals surface area contributed by atoms with E-state index in [2.05, 4.69) is 45.3 Å². The van der Waals surface area contributed by atoms with E-state index in [9.17, 15) is 18.4 Å². The second-order valence-corrected chi connectivity index (χ2v) is 15.1. The number of nitrogens with zero attached hydrogens (tertiary/aromatic N) is 4. The summed E-state index contributed by atoms with van der Waals surface area (Å²) >= 11 is 0. The maximum absolute atomic E-state index is 12.9. The van der Waals surface area contributed by atoms with Crippen molar-refractivity contribution in [1.82, 2.24) is 14.4 Å². The van der Waals surface area contributed by atoms with Gasteiger partial charge in [0.15, 0.2) is 8.32 Å². The molecule has 1 N–H and O–H groups in total. The predicted octanol–water partition coefficient (Wildman–Crippen LogP) is 7.55. The Labute approximate surface area is 214 Å². The monoisotopic (exact) mass is 523 g/mol. The third kappa shape index (κ3) is 5.68. The standard InChI is InChI=1S/C27H28F3N5OSi/c1-26(2,3)37(4,5)36-17-22-25(35-13-7-6-8-24(35)34-22)21-14-18(16-31)15-23(33-21)32-20-11-9-19(10-12-20)27(28,29)30/h6-15H,17H2,1-5H3,(H,32,33). The molecule has 3 aromatic heterocycles. The van der Waals surface area contributed by atoms with Gasteiger partial charge < -0.3 is 9.74 Å². The van der Waals surface area contributed by atoms with Crippen LogP contribution in [0.25, 0.3) is 17.0 Å². The average molecular weight is 524 g/mol. The van der Waals surface area contributed by atoms with Crippen LogP contribution >= 0.6 is 0 Å². The van der Waals surface area contributed by atoms with E-state index in [1.807, 2.05) is 28.8 Å². The molecular weight excluding hydrogens is 495 g/mol. The summed E-state index contributed by atoms with van der Waals surface area (Å²) in [6, 6.07) is 15.7. The van der Waals surface area contributed by atoms with Gasteiger partial charge in [-0.05, 0) is 66.7 Å². The maximum atomic E-state index is 12.9. The molecule has 0 saturated heterocycles. The summed E-state index contributed by atoms with van der Waals surface area (Å²) in [6.07, 6.45) is -2.55. The minimum atomic E-state index is -4.42. The van der Waals surface area contributed by atoms with E-state index < -0.39 is 20.1 Å². The van der Waals surface area contributed by atoms with Crippen molar-refractivity contribution in [2.45, 2.75) is 51.7 Å². The fourth-order valence-corrected chi connectivity index (χ4v) is 4.48. The lowest BCUT2D eigenvalue weighted by Crippen LogP contribution is -2.40. The third-order valence-electron chi connectivity index (χ3n) is 6.66. The molecule has 0 aliphatic carbocycles. The molecule has 6 nitrogen and oxygen atoms in total. The molecular formula is C27H28F3N5OSi. The summed E-state index contributed by atoms with van der Waals surface area (Å²) in [5.74, 6) is 0.330. The van der Waals surface area contributed by atoms with Gasteiger partial charge in [0.2, 0.25) is 0 Å². The van der Waals surface area contributed by atoms with Crippen LogP contribution in [0.4, 0.5) is 24.7 Å². The molecule has 0 bridgehead atoms. The zero-order valence-corrected chi connectivity index (χ0v) is 22.3. The van der Waals surface area contributed by atoms with Crippen molar-refractivity contribution < 1.29 is 17.6 Å². The van der Waals surface area contributed by atoms with Crippen LogP contribution in [0.2, 0.25) is 18.1 Å². The van der Waals surface area contributed by atoms with Crippen molar-refractivity contribution in [3.63, 3.8) is 0 Å². The number of fused-ring (bicyclic) bond motifs is 1. The van der Waals surface area contributed by atoms with E-state index in [1.54, 1.807) is 12.1 Å². The average Bonchev–Trinajstić information content (AvgIpc) is 3.20. The molecule has 4 aromatic rings. The molecule has 0 amide bonds. The first-order valence-electron chi connectivity index (χ1n) is 11.8. The van der Waals surface area contributed by atoms with E-state index in [-0.39, 0.29) is 11.6 Å². The molecule has 0 unspecified atom stereocenters. The zero-order chi connectivity index (χ0) is 27.0. The number of benzene rings is 1. The number of pyridine rings is 2. The zero-order valence-electron chi connectivity index (χ0n) is 21.3. The molecule has 0 aliphatic rings. The van der Waals surface area contributed by atoms with E-state index in [0.29, 0.717) is 39.8 Å². The number of aromatic nitrogens is 3. The number of hydrogen-bond donors (Lipinski definition) is 1. The molecule has 4 rings (SSSR count). The lowest BCUT2D eigenvalue weighted by Gasteiger charge is -2.36. The van der Waals surface area contributed by atoms with Crippen LogP contribution in [0.1, 0.15) is 37.6 Å². The van der Waals surface area contributed by atoms with E-state index in [1.165, 1.54) is 12.1 Å². The summed E-state index contributed by atoms with van der Waals surface area (Å²) < 4.78 is 47.2. The highest BCUT2D eigenvalue weighted by Gasteiger charge is 2.37. The molecule has 0 atom stereocenters. The summed E-state index contributed by atoms with van der Waals surface area (Å²) in [5.41, 5.74) is 2.63. The number of anilines is 2. The molecule has 192 valence electrons. The van der Waals surface area contributed by atoms with Crippen molar-refractivity contribution in [2.75, 3.05) is 5.32 Å². The van der Waals surface area contributed by atoms with Gasteiger partial charge in [-0.25, -0.2) is 9.97 Å². The molecule has 37 heavy (non-hydrogen) atoms. The second-order valence-electron chi connectivity index (χ2n) is 10.3. The molecule has 0 fully saturated rings. The van der Waals surface area contributed by atoms with Crippen molar-refractivity contribution >= 4 is 25.5 Å². The summed E-state index contributed by atoms with van der Waals surface area (Å²) in [7, 11) is -2.07. The van der Waals surface area contributed by atoms with Crippen LogP contribution in [-0.2, 0) is 17.2 Å². The molecule has 0 radical (unpaired) electrons. The van der Waals surface area contributed by atoms with Gasteiger partial charge in [0.05, 0.1) is 40.9 Å². The van der Waals surface area contributed by atoms with Gasteiger partial charge in [-0.2, -0.15) is 18.4 Å². The Morgan fingerprint density at radius 3 is 2.35 bits per heavy atom. The number of halogens is 3. The van der Waals surface area contributed by atoms with Crippen LogP contribution in [0.5, 0.6) is 0 Å². The van der Waals surface area contributed by atoms with Crippen molar-refractivity contribution in [2.24, 2.45) is 0 Å². The van der Waals surface area contributed by atoms with Gasteiger partial charge >= 0.3 is 6.18 Å². The summed E-state index contributed by atoms with van der Waals surface area (Å²) in [6.45, 7) is 11.1. The Balaban J connectivity index is 1.75. The molecule has 3 heterocycles. The van der Waals surface area contributed by atoms with Crippen LogP contribution in [0, 0.1) is 11.3 Å². The van der Waals surface area contributed by atoms with E-state index in [0.717, 1.165) is 12.1 Å². The lowest BCUT2D eigenvalue weighted by molar-refractivity contribution is -0.137. The van der Waals surface area contributed by atoms with Gasteiger partial charge in [-0.1, -0.05) is 26.8 Å². The van der Waals surface area contributed by atoms with Crippen molar-refractivity contribution in [3.8, 4) is 17.5 Å². The Bertz CT molecular complexity index is 1460. The number of alkyl halides is 3. The fraction of sp³-hybridized carbons (Fsp3) is 0.296. The predicted molar refractivity (Wildman–Crippen MR) is 140 cm³/mol. The quantitative estimate of drug-likeness (QED) is 0.264. The van der Waals surface area contributed by atoms with Gasteiger partial charge in [0, 0.05) is 11.9 Å². The first-order chi connectivity index (χ1) is 17.3. The number of rotatable bonds is 6. The first-order valence-corrected chi connectivity index (χ1v) is 14.7. The van der Waals surface area contributed by atoms with Crippen LogP contribution in [0.15, 0.2) is 60.8 Å². The topological polar surface area (TPSA) is 75.2 Å². The van der Waals surface area contributed by atoms with Gasteiger partial charge in [-0.3, -0.25) is 4.40 Å². The summed E-state index contributed by atoms with van der Waals surface area (Å²) in [4.78, 5) is 9.49. The van der Waals surface area contributed by atoms with Crippen LogP contribution in [0.3, 0.4) is 0 Å². The number of nitrogens with one attached hydrogen (secondary N) is 1.